The molecule has 0 spiro atoms. The lowest BCUT2D eigenvalue weighted by atomic mass is 9.83. The molecule has 1 N–H and O–H groups in total. The minimum atomic E-state index is 0.255. The molecule has 0 bridgehead atoms. The van der Waals surface area contributed by atoms with Gasteiger partial charge in [0.15, 0.2) is 0 Å². The van der Waals surface area contributed by atoms with E-state index in [4.69, 9.17) is 0 Å². The van der Waals surface area contributed by atoms with Crippen LogP contribution in [0.25, 0.3) is 11.1 Å². The second-order valence-electron chi connectivity index (χ2n) is 7.36. The minimum Gasteiger partial charge on any atom is -0.508 e. The van der Waals surface area contributed by atoms with Gasteiger partial charge in [-0.1, -0.05) is 65.0 Å². The first kappa shape index (κ1) is 15.6. The molecule has 2 aromatic rings. The van der Waals surface area contributed by atoms with E-state index < -0.39 is 0 Å². The first-order valence-corrected chi connectivity index (χ1v) is 7.68. The van der Waals surface area contributed by atoms with E-state index >= 15 is 0 Å². The highest BCUT2D eigenvalue weighted by atomic mass is 16.3. The van der Waals surface area contributed by atoms with E-state index in [9.17, 15) is 5.11 Å². The monoisotopic (exact) mass is 282 g/mol. The maximum atomic E-state index is 9.50. The van der Waals surface area contributed by atoms with Gasteiger partial charge in [-0.05, 0) is 52.1 Å². The summed E-state index contributed by atoms with van der Waals surface area (Å²) in [5, 5.41) is 9.50. The van der Waals surface area contributed by atoms with E-state index in [-0.39, 0.29) is 5.41 Å². The highest BCUT2D eigenvalue weighted by Crippen LogP contribution is 2.32. The Hall–Kier alpha value is -1.76. The molecule has 0 heterocycles. The predicted octanol–water partition coefficient (Wildman–Crippen LogP) is 5.77. The topological polar surface area (TPSA) is 20.2 Å². The maximum absolute atomic E-state index is 9.50. The van der Waals surface area contributed by atoms with Gasteiger partial charge in [0.05, 0.1) is 0 Å². The molecule has 0 unspecified atom stereocenters. The van der Waals surface area contributed by atoms with Gasteiger partial charge in [-0.2, -0.15) is 0 Å². The molecule has 1 nitrogen and oxygen atoms in total. The van der Waals surface area contributed by atoms with Crippen LogP contribution in [-0.4, -0.2) is 5.11 Å². The largest absolute Gasteiger partial charge is 0.508 e. The highest BCUT2D eigenvalue weighted by molar-refractivity contribution is 5.69. The Morgan fingerprint density at radius 1 is 0.952 bits per heavy atom. The zero-order chi connectivity index (χ0) is 15.6. The fraction of sp³-hybridized carbons (Fsp3) is 0.400. The van der Waals surface area contributed by atoms with Gasteiger partial charge in [-0.3, -0.25) is 0 Å². The molecule has 0 radical (unpaired) electrons. The van der Waals surface area contributed by atoms with Crippen molar-refractivity contribution in [2.45, 2.75) is 47.0 Å². The summed E-state index contributed by atoms with van der Waals surface area (Å²) in [6.45, 7) is 11.2. The summed E-state index contributed by atoms with van der Waals surface area (Å²) in [6, 6.07) is 14.3. The van der Waals surface area contributed by atoms with Crippen molar-refractivity contribution < 1.29 is 5.11 Å². The van der Waals surface area contributed by atoms with E-state index in [0.717, 1.165) is 6.42 Å². The van der Waals surface area contributed by atoms with Crippen molar-refractivity contribution in [3.05, 3.63) is 53.6 Å². The number of rotatable bonds is 3. The lowest BCUT2D eigenvalue weighted by molar-refractivity contribution is 0.411. The summed E-state index contributed by atoms with van der Waals surface area (Å²) in [5.41, 5.74) is 5.45. The molecule has 0 aliphatic heterocycles. The third kappa shape index (κ3) is 4.10. The Balaban J connectivity index is 2.52. The quantitative estimate of drug-likeness (QED) is 0.757. The number of phenols is 1. The van der Waals surface area contributed by atoms with Crippen molar-refractivity contribution in [3.63, 3.8) is 0 Å². The normalized spacial score (nSPS) is 11.9. The maximum Gasteiger partial charge on any atom is 0.115 e. The van der Waals surface area contributed by atoms with Gasteiger partial charge in [0.25, 0.3) is 0 Å². The Morgan fingerprint density at radius 2 is 1.57 bits per heavy atom. The Bertz CT molecular complexity index is 601. The second kappa shape index (κ2) is 5.93. The molecule has 0 atom stereocenters. The molecule has 0 saturated carbocycles. The molecule has 112 valence electrons. The number of hydrogen-bond donors (Lipinski definition) is 1. The smallest absolute Gasteiger partial charge is 0.115 e. The highest BCUT2D eigenvalue weighted by Gasteiger charge is 2.16. The summed E-state index contributed by atoms with van der Waals surface area (Å²) in [4.78, 5) is 0. The average molecular weight is 282 g/mol. The van der Waals surface area contributed by atoms with E-state index in [2.05, 4.69) is 52.8 Å². The molecule has 0 amide bonds. The molecule has 0 fully saturated rings. The van der Waals surface area contributed by atoms with Gasteiger partial charge in [-0.15, -0.1) is 0 Å². The predicted molar refractivity (Wildman–Crippen MR) is 90.8 cm³/mol. The summed E-state index contributed by atoms with van der Waals surface area (Å²) in [7, 11) is 0. The van der Waals surface area contributed by atoms with Gasteiger partial charge >= 0.3 is 0 Å². The Kier molecular flexibility index (Phi) is 4.41. The molecular weight excluding hydrogens is 256 g/mol. The van der Waals surface area contributed by atoms with Gasteiger partial charge < -0.3 is 5.11 Å². The zero-order valence-electron chi connectivity index (χ0n) is 13.8. The van der Waals surface area contributed by atoms with Crippen LogP contribution in [0.3, 0.4) is 0 Å². The minimum absolute atomic E-state index is 0.255. The molecule has 2 rings (SSSR count). The molecule has 2 aromatic carbocycles. The third-order valence-electron chi connectivity index (χ3n) is 3.70. The van der Waals surface area contributed by atoms with E-state index in [0.29, 0.717) is 11.7 Å². The van der Waals surface area contributed by atoms with Crippen molar-refractivity contribution in [1.82, 2.24) is 0 Å². The first-order chi connectivity index (χ1) is 9.76. The standard InChI is InChI=1S/C20H26O/c1-14(2)16-6-7-17(13-20(3,4)5)19(12-16)15-8-10-18(21)11-9-15/h6-12,14,21H,13H2,1-5H3. The summed E-state index contributed by atoms with van der Waals surface area (Å²) >= 11 is 0. The summed E-state index contributed by atoms with van der Waals surface area (Å²) < 4.78 is 0. The van der Waals surface area contributed by atoms with Crippen LogP contribution in [-0.2, 0) is 6.42 Å². The van der Waals surface area contributed by atoms with Gasteiger partial charge in [0.1, 0.15) is 5.75 Å². The van der Waals surface area contributed by atoms with Crippen LogP contribution in [0.5, 0.6) is 5.75 Å². The average Bonchev–Trinajstić information content (AvgIpc) is 2.38. The van der Waals surface area contributed by atoms with Crippen molar-refractivity contribution in [2.75, 3.05) is 0 Å². The zero-order valence-corrected chi connectivity index (χ0v) is 13.8. The SMILES string of the molecule is CC(C)c1ccc(CC(C)(C)C)c(-c2ccc(O)cc2)c1. The van der Waals surface area contributed by atoms with Gasteiger partial charge in [-0.25, -0.2) is 0 Å². The number of hydrogen-bond acceptors (Lipinski definition) is 1. The van der Waals surface area contributed by atoms with Crippen LogP contribution in [0.2, 0.25) is 0 Å². The third-order valence-corrected chi connectivity index (χ3v) is 3.70. The van der Waals surface area contributed by atoms with Crippen LogP contribution >= 0.6 is 0 Å². The summed E-state index contributed by atoms with van der Waals surface area (Å²) in [6.07, 6.45) is 1.04. The number of aromatic hydroxyl groups is 1. The van der Waals surface area contributed by atoms with Crippen LogP contribution < -0.4 is 0 Å². The van der Waals surface area contributed by atoms with Crippen molar-refractivity contribution >= 4 is 0 Å². The molecule has 0 saturated heterocycles. The van der Waals surface area contributed by atoms with Crippen LogP contribution in [0.15, 0.2) is 42.5 Å². The molecule has 0 aliphatic rings. The van der Waals surface area contributed by atoms with E-state index in [1.165, 1.54) is 22.3 Å². The molecule has 1 heteroatoms. The number of phenolic OH excluding ortho intramolecular Hbond substituents is 1. The van der Waals surface area contributed by atoms with Gasteiger partial charge in [0, 0.05) is 0 Å². The fourth-order valence-corrected chi connectivity index (χ4v) is 2.59. The molecule has 21 heavy (non-hydrogen) atoms. The van der Waals surface area contributed by atoms with Gasteiger partial charge in [0.2, 0.25) is 0 Å². The summed E-state index contributed by atoms with van der Waals surface area (Å²) in [5.74, 6) is 0.834. The fourth-order valence-electron chi connectivity index (χ4n) is 2.59. The van der Waals surface area contributed by atoms with Crippen molar-refractivity contribution in [2.24, 2.45) is 5.41 Å². The Labute approximate surface area is 128 Å². The van der Waals surface area contributed by atoms with E-state index in [1.54, 1.807) is 12.1 Å². The van der Waals surface area contributed by atoms with Crippen molar-refractivity contribution in [1.29, 1.82) is 0 Å². The molecule has 0 aliphatic carbocycles. The molecule has 0 aromatic heterocycles. The van der Waals surface area contributed by atoms with E-state index in [1.807, 2.05) is 12.1 Å². The lowest BCUT2D eigenvalue weighted by Crippen LogP contribution is -2.10. The number of benzene rings is 2. The van der Waals surface area contributed by atoms with Crippen LogP contribution in [0.1, 0.15) is 51.7 Å². The Morgan fingerprint density at radius 3 is 2.10 bits per heavy atom. The lowest BCUT2D eigenvalue weighted by Gasteiger charge is -2.22. The van der Waals surface area contributed by atoms with Crippen LogP contribution in [0, 0.1) is 5.41 Å². The first-order valence-electron chi connectivity index (χ1n) is 7.68. The second-order valence-corrected chi connectivity index (χ2v) is 7.36. The van der Waals surface area contributed by atoms with Crippen molar-refractivity contribution in [3.8, 4) is 16.9 Å². The molecular formula is C20H26O. The van der Waals surface area contributed by atoms with Crippen LogP contribution in [0.4, 0.5) is 0 Å².